The molecule has 0 bridgehead atoms. The van der Waals surface area contributed by atoms with Crippen molar-refractivity contribution in [2.75, 3.05) is 26.1 Å². The van der Waals surface area contributed by atoms with Crippen LogP contribution in [0, 0.1) is 0 Å². The highest BCUT2D eigenvalue weighted by molar-refractivity contribution is 5.99. The highest BCUT2D eigenvalue weighted by atomic mass is 16.5. The molecule has 134 valence electrons. The maximum absolute atomic E-state index is 12.2. The fourth-order valence-corrected chi connectivity index (χ4v) is 2.42. The minimum Gasteiger partial charge on any atom is -0.493 e. The second-order valence-electron chi connectivity index (χ2n) is 5.40. The van der Waals surface area contributed by atoms with E-state index in [0.717, 1.165) is 5.52 Å². The first-order chi connectivity index (χ1) is 12.6. The summed E-state index contributed by atoms with van der Waals surface area (Å²) in [6, 6.07) is 12.2. The molecular formula is C18H18N4O4. The average molecular weight is 354 g/mol. The first-order valence-corrected chi connectivity index (χ1v) is 7.85. The van der Waals surface area contributed by atoms with Crippen molar-refractivity contribution in [1.82, 2.24) is 14.9 Å². The number of hydrogen-bond donors (Lipinski definition) is 2. The molecule has 0 aliphatic carbocycles. The minimum atomic E-state index is -0.420. The summed E-state index contributed by atoms with van der Waals surface area (Å²) in [4.78, 5) is 24.2. The Labute approximate surface area is 149 Å². The lowest BCUT2D eigenvalue weighted by atomic mass is 10.2. The van der Waals surface area contributed by atoms with E-state index in [9.17, 15) is 9.59 Å². The van der Waals surface area contributed by atoms with Crippen LogP contribution in [0.15, 0.2) is 48.7 Å². The number of anilines is 1. The molecule has 2 heterocycles. The van der Waals surface area contributed by atoms with Gasteiger partial charge >= 0.3 is 0 Å². The molecule has 0 saturated carbocycles. The number of carbonyl (C=O) groups is 2. The van der Waals surface area contributed by atoms with Gasteiger partial charge < -0.3 is 20.1 Å². The first-order valence-electron chi connectivity index (χ1n) is 7.85. The van der Waals surface area contributed by atoms with E-state index >= 15 is 0 Å². The van der Waals surface area contributed by atoms with Crippen LogP contribution in [0.25, 0.3) is 5.52 Å². The van der Waals surface area contributed by atoms with E-state index in [1.807, 2.05) is 18.2 Å². The monoisotopic (exact) mass is 354 g/mol. The number of rotatable bonds is 6. The third-order valence-electron chi connectivity index (χ3n) is 3.68. The number of ether oxygens (including phenoxy) is 2. The van der Waals surface area contributed by atoms with Gasteiger partial charge in [-0.2, -0.15) is 5.10 Å². The molecule has 0 aliphatic rings. The van der Waals surface area contributed by atoms with Gasteiger partial charge in [-0.15, -0.1) is 0 Å². The zero-order chi connectivity index (χ0) is 18.5. The predicted molar refractivity (Wildman–Crippen MR) is 95.7 cm³/mol. The molecule has 0 unspecified atom stereocenters. The molecule has 0 saturated heterocycles. The van der Waals surface area contributed by atoms with E-state index in [2.05, 4.69) is 15.7 Å². The predicted octanol–water partition coefficient (Wildman–Crippen LogP) is 1.72. The SMILES string of the molecule is COc1ccc(NC(=O)CNC(=O)c2cc3ccccn3n2)cc1OC. The maximum atomic E-state index is 12.2. The number of aromatic nitrogens is 2. The van der Waals surface area contributed by atoms with Gasteiger partial charge in [0.1, 0.15) is 0 Å². The zero-order valence-electron chi connectivity index (χ0n) is 14.4. The van der Waals surface area contributed by atoms with Crippen LogP contribution >= 0.6 is 0 Å². The molecule has 0 fully saturated rings. The van der Waals surface area contributed by atoms with E-state index < -0.39 is 5.91 Å². The Hall–Kier alpha value is -3.55. The van der Waals surface area contributed by atoms with Gasteiger partial charge in [0.05, 0.1) is 26.3 Å². The molecule has 0 radical (unpaired) electrons. The van der Waals surface area contributed by atoms with Crippen molar-refractivity contribution in [3.63, 3.8) is 0 Å². The van der Waals surface area contributed by atoms with E-state index in [4.69, 9.17) is 9.47 Å². The summed E-state index contributed by atoms with van der Waals surface area (Å²) in [7, 11) is 3.05. The molecule has 3 aromatic rings. The number of nitrogens with one attached hydrogen (secondary N) is 2. The fourth-order valence-electron chi connectivity index (χ4n) is 2.42. The van der Waals surface area contributed by atoms with Gasteiger partial charge in [-0.1, -0.05) is 6.07 Å². The summed E-state index contributed by atoms with van der Waals surface area (Å²) in [5.74, 6) is 0.273. The van der Waals surface area contributed by atoms with E-state index in [1.54, 1.807) is 35.0 Å². The number of benzene rings is 1. The normalized spacial score (nSPS) is 10.4. The lowest BCUT2D eigenvalue weighted by Gasteiger charge is -2.10. The Morgan fingerprint density at radius 3 is 2.62 bits per heavy atom. The van der Waals surface area contributed by atoms with Crippen LogP contribution in [0.1, 0.15) is 10.5 Å². The van der Waals surface area contributed by atoms with E-state index in [-0.39, 0.29) is 18.1 Å². The molecule has 1 aromatic carbocycles. The zero-order valence-corrected chi connectivity index (χ0v) is 14.4. The molecule has 2 N–H and O–H groups in total. The number of amides is 2. The summed E-state index contributed by atoms with van der Waals surface area (Å²) in [5, 5.41) is 9.39. The van der Waals surface area contributed by atoms with Crippen molar-refractivity contribution in [2.24, 2.45) is 0 Å². The summed E-state index contributed by atoms with van der Waals surface area (Å²) in [6.45, 7) is -0.180. The summed E-state index contributed by atoms with van der Waals surface area (Å²) >= 11 is 0. The number of hydrogen-bond acceptors (Lipinski definition) is 5. The first kappa shape index (κ1) is 17.3. The molecule has 26 heavy (non-hydrogen) atoms. The highest BCUT2D eigenvalue weighted by Crippen LogP contribution is 2.29. The Morgan fingerprint density at radius 2 is 1.88 bits per heavy atom. The van der Waals surface area contributed by atoms with Gasteiger partial charge in [0.2, 0.25) is 5.91 Å². The van der Waals surface area contributed by atoms with Crippen molar-refractivity contribution in [2.45, 2.75) is 0 Å². The minimum absolute atomic E-state index is 0.180. The second-order valence-corrected chi connectivity index (χ2v) is 5.40. The standard InChI is InChI=1S/C18H18N4O4/c1-25-15-7-6-12(9-16(15)26-2)20-17(23)11-19-18(24)14-10-13-5-3-4-8-22(13)21-14/h3-10H,11H2,1-2H3,(H,19,24)(H,20,23). The molecule has 0 spiro atoms. The number of methoxy groups -OCH3 is 2. The van der Waals surface area contributed by atoms with Crippen molar-refractivity contribution in [3.05, 3.63) is 54.4 Å². The average Bonchev–Trinajstić information content (AvgIpc) is 3.10. The lowest BCUT2D eigenvalue weighted by Crippen LogP contribution is -2.33. The molecule has 0 aliphatic heterocycles. The van der Waals surface area contributed by atoms with Crippen LogP contribution in [-0.4, -0.2) is 42.2 Å². The van der Waals surface area contributed by atoms with Gasteiger partial charge in [0.15, 0.2) is 17.2 Å². The second kappa shape index (κ2) is 7.56. The number of fused-ring (bicyclic) bond motifs is 1. The van der Waals surface area contributed by atoms with Crippen molar-refractivity contribution in [1.29, 1.82) is 0 Å². The topological polar surface area (TPSA) is 94.0 Å². The molecule has 0 atom stereocenters. The number of carbonyl (C=O) groups excluding carboxylic acids is 2. The van der Waals surface area contributed by atoms with Gasteiger partial charge in [0.25, 0.3) is 5.91 Å². The number of pyridine rings is 1. The van der Waals surface area contributed by atoms with Crippen LogP contribution in [0.5, 0.6) is 11.5 Å². The fraction of sp³-hybridized carbons (Fsp3) is 0.167. The smallest absolute Gasteiger partial charge is 0.272 e. The molecule has 8 heteroatoms. The quantitative estimate of drug-likeness (QED) is 0.703. The Balaban J connectivity index is 1.59. The summed E-state index contributed by atoms with van der Waals surface area (Å²) < 4.78 is 11.9. The number of nitrogens with zero attached hydrogens (tertiary/aromatic N) is 2. The van der Waals surface area contributed by atoms with E-state index in [1.165, 1.54) is 14.2 Å². The Bertz CT molecular complexity index is 918. The Morgan fingerprint density at radius 1 is 1.08 bits per heavy atom. The third kappa shape index (κ3) is 3.75. The highest BCUT2D eigenvalue weighted by Gasteiger charge is 2.13. The largest absolute Gasteiger partial charge is 0.493 e. The van der Waals surface area contributed by atoms with Gasteiger partial charge in [0, 0.05) is 18.0 Å². The molecule has 2 aromatic heterocycles. The third-order valence-corrected chi connectivity index (χ3v) is 3.68. The summed E-state index contributed by atoms with van der Waals surface area (Å²) in [5.41, 5.74) is 1.58. The van der Waals surface area contributed by atoms with Crippen molar-refractivity contribution >= 4 is 23.0 Å². The Kier molecular flexibility index (Phi) is 5.02. The van der Waals surface area contributed by atoms with Gasteiger partial charge in [-0.05, 0) is 30.3 Å². The lowest BCUT2D eigenvalue weighted by molar-refractivity contribution is -0.115. The van der Waals surface area contributed by atoms with Crippen LogP contribution in [0.4, 0.5) is 5.69 Å². The van der Waals surface area contributed by atoms with Gasteiger partial charge in [-0.3, -0.25) is 9.59 Å². The maximum Gasteiger partial charge on any atom is 0.272 e. The van der Waals surface area contributed by atoms with Crippen molar-refractivity contribution in [3.8, 4) is 11.5 Å². The van der Waals surface area contributed by atoms with Crippen LogP contribution < -0.4 is 20.1 Å². The molecule has 8 nitrogen and oxygen atoms in total. The van der Waals surface area contributed by atoms with Crippen LogP contribution in [0.3, 0.4) is 0 Å². The van der Waals surface area contributed by atoms with Crippen LogP contribution in [-0.2, 0) is 4.79 Å². The van der Waals surface area contributed by atoms with Crippen LogP contribution in [0.2, 0.25) is 0 Å². The molecule has 3 rings (SSSR count). The molecule has 2 amide bonds. The summed E-state index contributed by atoms with van der Waals surface area (Å²) in [6.07, 6.45) is 1.75. The van der Waals surface area contributed by atoms with Crippen molar-refractivity contribution < 1.29 is 19.1 Å². The van der Waals surface area contributed by atoms with E-state index in [0.29, 0.717) is 17.2 Å². The molecular weight excluding hydrogens is 336 g/mol. The van der Waals surface area contributed by atoms with Gasteiger partial charge in [-0.25, -0.2) is 4.52 Å².